The van der Waals surface area contributed by atoms with E-state index in [1.54, 1.807) is 42.5 Å². The van der Waals surface area contributed by atoms with E-state index in [1.165, 1.54) is 37.7 Å². The van der Waals surface area contributed by atoms with Gasteiger partial charge in [0.05, 0.1) is 18.8 Å². The number of guanidine groups is 1. The molecule has 0 bridgehead atoms. The van der Waals surface area contributed by atoms with E-state index in [2.05, 4.69) is 27.8 Å². The van der Waals surface area contributed by atoms with Gasteiger partial charge in [-0.15, -0.1) is 0 Å². The molecule has 1 fully saturated rings. The minimum absolute atomic E-state index is 0.255. The maximum Gasteiger partial charge on any atom is 0.334 e. The fraction of sp³-hybridized carbons (Fsp3) is 0.290. The van der Waals surface area contributed by atoms with Gasteiger partial charge in [-0.1, -0.05) is 66.7 Å². The van der Waals surface area contributed by atoms with E-state index in [0.717, 1.165) is 11.3 Å². The van der Waals surface area contributed by atoms with Crippen molar-refractivity contribution in [2.45, 2.75) is 50.7 Å². The number of halogens is 2. The Morgan fingerprint density at radius 3 is 2.24 bits per heavy atom. The van der Waals surface area contributed by atoms with Gasteiger partial charge in [-0.2, -0.15) is 5.26 Å². The maximum absolute atomic E-state index is 12.4. The molecule has 0 unspecified atom stereocenters. The first kappa shape index (κ1) is 30.8. The number of aliphatic carboxylic acids is 1. The number of nitrogens with zero attached hydrogens (tertiary/aromatic N) is 3. The molecule has 0 aromatic heterocycles. The molecule has 1 saturated carbocycles. The van der Waals surface area contributed by atoms with Crippen LogP contribution in [0.15, 0.2) is 71.7 Å². The second-order valence-corrected chi connectivity index (χ2v) is 10.9. The van der Waals surface area contributed by atoms with Crippen LogP contribution in [-0.4, -0.2) is 40.7 Å². The topological polar surface area (TPSA) is 138 Å². The minimum Gasteiger partial charge on any atom is -0.479 e. The molecular formula is C31H31Cl2N5O4. The molecule has 1 atom stereocenters. The smallest absolute Gasteiger partial charge is 0.334 e. The monoisotopic (exact) mass is 607 g/mol. The first-order valence-corrected chi connectivity index (χ1v) is 14.3. The number of aliphatic hydroxyl groups excluding tert-OH is 1. The molecule has 0 heterocycles. The molecule has 0 radical (unpaired) electrons. The van der Waals surface area contributed by atoms with Crippen molar-refractivity contribution in [1.29, 1.82) is 5.26 Å². The summed E-state index contributed by atoms with van der Waals surface area (Å²) < 4.78 is 0. The molecule has 1 amide bonds. The lowest BCUT2D eigenvalue weighted by Crippen LogP contribution is -2.39. The first-order valence-electron chi connectivity index (χ1n) is 13.6. The number of hydrogen-bond acceptors (Lipinski definition) is 5. The normalized spacial score (nSPS) is 14.5. The Labute approximate surface area is 254 Å². The number of hydrogen-bond donors (Lipinski definition) is 4. The van der Waals surface area contributed by atoms with Crippen molar-refractivity contribution in [2.75, 3.05) is 11.4 Å². The van der Waals surface area contributed by atoms with E-state index in [-0.39, 0.29) is 5.96 Å². The molecule has 9 nitrogen and oxygen atoms in total. The molecule has 4 rings (SSSR count). The van der Waals surface area contributed by atoms with Crippen LogP contribution in [0.3, 0.4) is 0 Å². The standard InChI is InChI=1S/C31H31Cl2N5O4/c32-24-14-25(33)16-26(15-24)37-31(36-19-34)38(27-12-10-22(11-13-27)21-4-2-1-3-5-21)18-20-6-8-23(9-7-20)29(40)35-17-28(39)30(41)42/h6-16,21,28,39H,1-5,17-18H2,(H,35,40)(H,36,37)(H,41,42)/t28-/m1/s1. The minimum atomic E-state index is -1.69. The number of nitriles is 1. The molecule has 1 aliphatic carbocycles. The number of aliphatic hydroxyl groups is 1. The Kier molecular flexibility index (Phi) is 10.8. The average molecular weight is 609 g/mol. The summed E-state index contributed by atoms with van der Waals surface area (Å²) >= 11 is 12.4. The van der Waals surface area contributed by atoms with Gasteiger partial charge in [-0.25, -0.2) is 9.79 Å². The van der Waals surface area contributed by atoms with Gasteiger partial charge in [0, 0.05) is 21.3 Å². The highest BCUT2D eigenvalue weighted by atomic mass is 35.5. The number of nitrogens with one attached hydrogen (secondary N) is 2. The summed E-state index contributed by atoms with van der Waals surface area (Å²) in [7, 11) is 0. The summed E-state index contributed by atoms with van der Waals surface area (Å²) in [6, 6.07) is 19.9. The quantitative estimate of drug-likeness (QED) is 0.101. The van der Waals surface area contributed by atoms with Crippen LogP contribution < -0.4 is 15.5 Å². The molecule has 42 heavy (non-hydrogen) atoms. The van der Waals surface area contributed by atoms with Gasteiger partial charge < -0.3 is 20.4 Å². The predicted molar refractivity (Wildman–Crippen MR) is 163 cm³/mol. The Hall–Kier alpha value is -4.10. The van der Waals surface area contributed by atoms with Crippen molar-refractivity contribution >= 4 is 52.4 Å². The molecular weight excluding hydrogens is 577 g/mol. The van der Waals surface area contributed by atoms with E-state index >= 15 is 0 Å². The van der Waals surface area contributed by atoms with Crippen LogP contribution >= 0.6 is 23.2 Å². The number of benzene rings is 3. The van der Waals surface area contributed by atoms with Crippen LogP contribution in [-0.2, 0) is 11.3 Å². The summed E-state index contributed by atoms with van der Waals surface area (Å²) in [6.07, 6.45) is 6.38. The van der Waals surface area contributed by atoms with Crippen LogP contribution in [0.2, 0.25) is 10.0 Å². The average Bonchev–Trinajstić information content (AvgIpc) is 2.98. The fourth-order valence-corrected chi connectivity index (χ4v) is 5.42. The molecule has 4 N–H and O–H groups in total. The molecule has 3 aromatic rings. The lowest BCUT2D eigenvalue weighted by molar-refractivity contribution is -0.146. The van der Waals surface area contributed by atoms with Crippen LogP contribution in [0.5, 0.6) is 0 Å². The highest BCUT2D eigenvalue weighted by Crippen LogP contribution is 2.34. The highest BCUT2D eigenvalue weighted by Gasteiger charge is 2.20. The molecule has 3 aromatic carbocycles. The first-order chi connectivity index (χ1) is 20.2. The zero-order valence-electron chi connectivity index (χ0n) is 22.8. The third kappa shape index (κ3) is 8.46. The Morgan fingerprint density at radius 2 is 1.64 bits per heavy atom. The number of rotatable bonds is 9. The van der Waals surface area contributed by atoms with Gasteiger partial charge >= 0.3 is 5.97 Å². The lowest BCUT2D eigenvalue weighted by atomic mass is 9.84. The molecule has 0 saturated heterocycles. The number of amides is 1. The van der Waals surface area contributed by atoms with Crippen LogP contribution in [0.25, 0.3) is 0 Å². The third-order valence-corrected chi connectivity index (χ3v) is 7.52. The van der Waals surface area contributed by atoms with Crippen molar-refractivity contribution in [3.8, 4) is 6.19 Å². The summed E-state index contributed by atoms with van der Waals surface area (Å²) in [5.41, 5.74) is 3.66. The van der Waals surface area contributed by atoms with Gasteiger partial charge in [-0.05, 0) is 72.4 Å². The van der Waals surface area contributed by atoms with E-state index < -0.39 is 24.5 Å². The summed E-state index contributed by atoms with van der Waals surface area (Å²) in [4.78, 5) is 29.7. The molecule has 0 spiro atoms. The van der Waals surface area contributed by atoms with Crippen molar-refractivity contribution in [2.24, 2.45) is 4.99 Å². The van der Waals surface area contributed by atoms with E-state index in [4.69, 9.17) is 28.3 Å². The van der Waals surface area contributed by atoms with Gasteiger partial charge in [0.25, 0.3) is 5.91 Å². The second-order valence-electron chi connectivity index (χ2n) is 10.1. The summed E-state index contributed by atoms with van der Waals surface area (Å²) in [5, 5.41) is 33.7. The van der Waals surface area contributed by atoms with Crippen molar-refractivity contribution in [1.82, 2.24) is 10.6 Å². The van der Waals surface area contributed by atoms with Crippen molar-refractivity contribution in [3.63, 3.8) is 0 Å². The predicted octanol–water partition coefficient (Wildman–Crippen LogP) is 5.98. The Balaban J connectivity index is 1.63. The zero-order chi connectivity index (χ0) is 30.1. The molecule has 11 heteroatoms. The SMILES string of the molecule is N#CNC(=Nc1cc(Cl)cc(Cl)c1)N(Cc1ccc(C(=O)NC[C@@H](O)C(=O)O)cc1)c1ccc(C2CCCCC2)cc1. The van der Waals surface area contributed by atoms with Crippen LogP contribution in [0, 0.1) is 11.5 Å². The van der Waals surface area contributed by atoms with E-state index in [0.29, 0.717) is 33.8 Å². The summed E-state index contributed by atoms with van der Waals surface area (Å²) in [5.74, 6) is -1.13. The highest BCUT2D eigenvalue weighted by molar-refractivity contribution is 6.35. The largest absolute Gasteiger partial charge is 0.479 e. The second kappa shape index (κ2) is 14.7. The number of carboxylic acids is 1. The number of carboxylic acid groups (broad SMARTS) is 1. The van der Waals surface area contributed by atoms with Gasteiger partial charge in [0.15, 0.2) is 12.3 Å². The lowest BCUT2D eigenvalue weighted by Gasteiger charge is -2.27. The molecule has 0 aliphatic heterocycles. The van der Waals surface area contributed by atoms with Crippen LogP contribution in [0.1, 0.15) is 59.5 Å². The number of aliphatic imine (C=N–C) groups is 1. The maximum atomic E-state index is 12.4. The van der Waals surface area contributed by atoms with Crippen molar-refractivity contribution < 1.29 is 19.8 Å². The molecule has 1 aliphatic rings. The Morgan fingerprint density at radius 1 is 1.00 bits per heavy atom. The Bertz CT molecular complexity index is 1450. The number of carbonyl (C=O) groups excluding carboxylic acids is 1. The molecule has 218 valence electrons. The van der Waals surface area contributed by atoms with Gasteiger partial charge in [0.2, 0.25) is 5.96 Å². The van der Waals surface area contributed by atoms with Gasteiger partial charge in [-0.3, -0.25) is 10.1 Å². The number of anilines is 1. The third-order valence-electron chi connectivity index (χ3n) is 7.08. The zero-order valence-corrected chi connectivity index (χ0v) is 24.3. The fourth-order valence-electron chi connectivity index (χ4n) is 4.91. The van der Waals surface area contributed by atoms with Gasteiger partial charge in [0.1, 0.15) is 0 Å². The number of carbonyl (C=O) groups is 2. The van der Waals surface area contributed by atoms with E-state index in [1.807, 2.05) is 23.2 Å². The van der Waals surface area contributed by atoms with Crippen LogP contribution in [0.4, 0.5) is 11.4 Å². The van der Waals surface area contributed by atoms with E-state index in [9.17, 15) is 20.0 Å². The van der Waals surface area contributed by atoms with Crippen molar-refractivity contribution in [3.05, 3.63) is 93.5 Å². The summed E-state index contributed by atoms with van der Waals surface area (Å²) in [6.45, 7) is -0.113.